The molecule has 17 heavy (non-hydrogen) atoms. The van der Waals surface area contributed by atoms with Crippen molar-refractivity contribution in [2.24, 2.45) is 0 Å². The molecule has 2 aromatic rings. The molecule has 0 spiro atoms. The Bertz CT molecular complexity index is 518. The van der Waals surface area contributed by atoms with Crippen LogP contribution < -0.4 is 10.5 Å². The van der Waals surface area contributed by atoms with Gasteiger partial charge in [-0.25, -0.2) is 15.5 Å². The summed E-state index contributed by atoms with van der Waals surface area (Å²) in [6.07, 6.45) is 4.88. The SMILES string of the molecule is Brc1cc(-c2ccn(N3CCCN3)n2)ccn1. The van der Waals surface area contributed by atoms with Gasteiger partial charge in [-0.3, -0.25) is 0 Å². The first-order valence-corrected chi connectivity index (χ1v) is 6.31. The summed E-state index contributed by atoms with van der Waals surface area (Å²) in [5.41, 5.74) is 5.27. The number of rotatable bonds is 2. The highest BCUT2D eigenvalue weighted by molar-refractivity contribution is 9.10. The van der Waals surface area contributed by atoms with E-state index >= 15 is 0 Å². The molecule has 1 N–H and O–H groups in total. The molecule has 88 valence electrons. The Labute approximate surface area is 108 Å². The molecule has 1 aliphatic rings. The molecule has 0 radical (unpaired) electrons. The largest absolute Gasteiger partial charge is 0.249 e. The number of pyridine rings is 1. The Kier molecular flexibility index (Phi) is 2.82. The minimum atomic E-state index is 0.823. The molecule has 3 rings (SSSR count). The normalized spacial score (nSPS) is 15.5. The highest BCUT2D eigenvalue weighted by atomic mass is 79.9. The van der Waals surface area contributed by atoms with Crippen LogP contribution in [0.4, 0.5) is 0 Å². The maximum absolute atomic E-state index is 4.54. The van der Waals surface area contributed by atoms with E-state index in [1.165, 1.54) is 0 Å². The highest BCUT2D eigenvalue weighted by Gasteiger charge is 2.12. The van der Waals surface area contributed by atoms with Crippen LogP contribution in [0.1, 0.15) is 6.42 Å². The molecule has 5 nitrogen and oxygen atoms in total. The number of nitrogens with one attached hydrogen (secondary N) is 1. The second-order valence-electron chi connectivity index (χ2n) is 3.87. The molecule has 2 aromatic heterocycles. The van der Waals surface area contributed by atoms with Crippen molar-refractivity contribution in [3.8, 4) is 11.3 Å². The van der Waals surface area contributed by atoms with Crippen LogP contribution in [-0.2, 0) is 0 Å². The molecule has 1 saturated heterocycles. The molecule has 0 atom stereocenters. The molecule has 0 bridgehead atoms. The van der Waals surface area contributed by atoms with E-state index in [9.17, 15) is 0 Å². The van der Waals surface area contributed by atoms with E-state index in [0.29, 0.717) is 0 Å². The van der Waals surface area contributed by atoms with Crippen molar-refractivity contribution in [3.05, 3.63) is 35.2 Å². The van der Waals surface area contributed by atoms with Gasteiger partial charge in [0.05, 0.1) is 18.4 Å². The number of halogens is 1. The Morgan fingerprint density at radius 3 is 3.06 bits per heavy atom. The summed E-state index contributed by atoms with van der Waals surface area (Å²) in [6, 6.07) is 5.92. The zero-order chi connectivity index (χ0) is 11.7. The third-order valence-electron chi connectivity index (χ3n) is 2.69. The Balaban J connectivity index is 1.89. The monoisotopic (exact) mass is 293 g/mol. The van der Waals surface area contributed by atoms with E-state index in [-0.39, 0.29) is 0 Å². The zero-order valence-corrected chi connectivity index (χ0v) is 10.8. The Morgan fingerprint density at radius 1 is 1.35 bits per heavy atom. The Hall–Kier alpha value is -1.40. The zero-order valence-electron chi connectivity index (χ0n) is 9.17. The van der Waals surface area contributed by atoms with Crippen LogP contribution in [0.2, 0.25) is 0 Å². The molecular formula is C11H12BrN5. The van der Waals surface area contributed by atoms with Gasteiger partial charge in [-0.15, -0.1) is 0 Å². The van der Waals surface area contributed by atoms with E-state index in [0.717, 1.165) is 35.4 Å². The topological polar surface area (TPSA) is 46.0 Å². The van der Waals surface area contributed by atoms with Crippen molar-refractivity contribution in [3.63, 3.8) is 0 Å². The van der Waals surface area contributed by atoms with Crippen molar-refractivity contribution in [1.29, 1.82) is 0 Å². The Morgan fingerprint density at radius 2 is 2.29 bits per heavy atom. The summed E-state index contributed by atoms with van der Waals surface area (Å²) in [5, 5.41) is 6.55. The maximum Gasteiger partial charge on any atom is 0.106 e. The third kappa shape index (κ3) is 2.18. The predicted octanol–water partition coefficient (Wildman–Crippen LogP) is 1.55. The molecule has 1 fully saturated rings. The minimum Gasteiger partial charge on any atom is -0.249 e. The maximum atomic E-state index is 4.54. The standard InChI is InChI=1S/C11H12BrN5/c12-11-8-9(2-5-13-11)10-3-7-17(15-10)16-6-1-4-14-16/h2-3,5,7-8,14H,1,4,6H2. The number of hydrogen-bond acceptors (Lipinski definition) is 4. The molecule has 3 heterocycles. The first kappa shape index (κ1) is 10.7. The van der Waals surface area contributed by atoms with Gasteiger partial charge in [0.2, 0.25) is 0 Å². The van der Waals surface area contributed by atoms with Crippen molar-refractivity contribution in [2.75, 3.05) is 18.2 Å². The van der Waals surface area contributed by atoms with Gasteiger partial charge in [0.15, 0.2) is 0 Å². The molecule has 6 heteroatoms. The van der Waals surface area contributed by atoms with Crippen LogP contribution in [0.15, 0.2) is 35.2 Å². The van der Waals surface area contributed by atoms with Crippen LogP contribution >= 0.6 is 15.9 Å². The number of aromatic nitrogens is 3. The molecule has 0 aromatic carbocycles. The minimum absolute atomic E-state index is 0.823. The fourth-order valence-corrected chi connectivity index (χ4v) is 2.22. The van der Waals surface area contributed by atoms with Crippen molar-refractivity contribution < 1.29 is 0 Å². The van der Waals surface area contributed by atoms with Crippen LogP contribution in [0.3, 0.4) is 0 Å². The second-order valence-corrected chi connectivity index (χ2v) is 4.69. The van der Waals surface area contributed by atoms with E-state index in [2.05, 4.69) is 31.4 Å². The van der Waals surface area contributed by atoms with E-state index in [4.69, 9.17) is 0 Å². The van der Waals surface area contributed by atoms with Gasteiger partial charge in [-0.05, 0) is 40.5 Å². The smallest absolute Gasteiger partial charge is 0.106 e. The summed E-state index contributed by atoms with van der Waals surface area (Å²) in [7, 11) is 0. The molecule has 1 aliphatic heterocycles. The van der Waals surface area contributed by atoms with E-state index in [1.54, 1.807) is 6.20 Å². The van der Waals surface area contributed by atoms with Gasteiger partial charge in [0, 0.05) is 18.3 Å². The number of nitrogens with zero attached hydrogens (tertiary/aromatic N) is 4. The molecule has 0 unspecified atom stereocenters. The van der Waals surface area contributed by atoms with Crippen molar-refractivity contribution in [1.82, 2.24) is 20.3 Å². The second kappa shape index (κ2) is 4.46. The van der Waals surface area contributed by atoms with Crippen molar-refractivity contribution >= 4 is 15.9 Å². The van der Waals surface area contributed by atoms with Crippen LogP contribution in [-0.4, -0.2) is 28.0 Å². The lowest BCUT2D eigenvalue weighted by Crippen LogP contribution is -2.40. The summed E-state index contributed by atoms with van der Waals surface area (Å²) in [5.74, 6) is 0. The van der Waals surface area contributed by atoms with Gasteiger partial charge >= 0.3 is 0 Å². The van der Waals surface area contributed by atoms with Gasteiger partial charge in [-0.1, -0.05) is 0 Å². The third-order valence-corrected chi connectivity index (χ3v) is 3.12. The summed E-state index contributed by atoms with van der Waals surface area (Å²) in [4.78, 5) is 5.95. The summed E-state index contributed by atoms with van der Waals surface area (Å²) in [6.45, 7) is 2.00. The fraction of sp³-hybridized carbons (Fsp3) is 0.273. The van der Waals surface area contributed by atoms with Crippen LogP contribution in [0.5, 0.6) is 0 Å². The van der Waals surface area contributed by atoms with Gasteiger partial charge < -0.3 is 0 Å². The molecule has 0 saturated carbocycles. The highest BCUT2D eigenvalue weighted by Crippen LogP contribution is 2.19. The first-order valence-electron chi connectivity index (χ1n) is 5.52. The van der Waals surface area contributed by atoms with E-state index < -0.39 is 0 Å². The van der Waals surface area contributed by atoms with Gasteiger partial charge in [0.25, 0.3) is 0 Å². The number of hydrogen-bond donors (Lipinski definition) is 1. The molecule has 0 amide bonds. The summed E-state index contributed by atoms with van der Waals surface area (Å²) < 4.78 is 0.823. The lowest BCUT2D eigenvalue weighted by molar-refractivity contribution is 0.521. The lowest BCUT2D eigenvalue weighted by atomic mass is 10.2. The average Bonchev–Trinajstić information content (AvgIpc) is 3.00. The quantitative estimate of drug-likeness (QED) is 0.854. The predicted molar refractivity (Wildman–Crippen MR) is 68.9 cm³/mol. The van der Waals surface area contributed by atoms with Gasteiger partial charge in [0.1, 0.15) is 4.60 Å². The van der Waals surface area contributed by atoms with Crippen LogP contribution in [0, 0.1) is 0 Å². The summed E-state index contributed by atoms with van der Waals surface area (Å²) >= 11 is 3.36. The fourth-order valence-electron chi connectivity index (χ4n) is 1.86. The average molecular weight is 294 g/mol. The number of hydrazine groups is 1. The lowest BCUT2D eigenvalue weighted by Gasteiger charge is -2.16. The van der Waals surface area contributed by atoms with Gasteiger partial charge in [-0.2, -0.15) is 9.89 Å². The molecular weight excluding hydrogens is 282 g/mol. The first-order chi connectivity index (χ1) is 8.33. The molecule has 0 aliphatic carbocycles. The van der Waals surface area contributed by atoms with E-state index in [1.807, 2.05) is 34.3 Å². The van der Waals surface area contributed by atoms with Crippen molar-refractivity contribution in [2.45, 2.75) is 6.42 Å². The van der Waals surface area contributed by atoms with Crippen LogP contribution in [0.25, 0.3) is 11.3 Å².